The van der Waals surface area contributed by atoms with Crippen molar-refractivity contribution in [1.82, 2.24) is 10.6 Å². The van der Waals surface area contributed by atoms with Crippen LogP contribution < -0.4 is 10.6 Å². The van der Waals surface area contributed by atoms with Crippen molar-refractivity contribution in [2.75, 3.05) is 25.1 Å². The molecule has 3 atom stereocenters. The number of carbonyl (C=O) groups excluding carboxylic acids is 1. The molecule has 0 aromatic carbocycles. The van der Waals surface area contributed by atoms with E-state index >= 15 is 0 Å². The lowest BCUT2D eigenvalue weighted by Crippen LogP contribution is -2.45. The summed E-state index contributed by atoms with van der Waals surface area (Å²) in [4.78, 5) is 23.0. The van der Waals surface area contributed by atoms with E-state index in [1.54, 1.807) is 0 Å². The zero-order chi connectivity index (χ0) is 14.6. The van der Waals surface area contributed by atoms with Gasteiger partial charge < -0.3 is 15.7 Å². The highest BCUT2D eigenvalue weighted by molar-refractivity contribution is 7.90. The third-order valence-corrected chi connectivity index (χ3v) is 4.22. The molecule has 1 fully saturated rings. The van der Waals surface area contributed by atoms with Gasteiger partial charge in [0.2, 0.25) is 5.91 Å². The number of amides is 1. The molecule has 0 aliphatic carbocycles. The van der Waals surface area contributed by atoms with Gasteiger partial charge in [-0.15, -0.1) is 0 Å². The molecule has 1 aliphatic rings. The van der Waals surface area contributed by atoms with Crippen LogP contribution in [0.1, 0.15) is 13.3 Å². The Labute approximate surface area is 112 Å². The second-order valence-electron chi connectivity index (χ2n) is 5.06. The number of carbonyl (C=O) groups is 2. The molecule has 0 bridgehead atoms. The largest absolute Gasteiger partial charge is 0.480 e. The number of carboxylic acids is 1. The van der Waals surface area contributed by atoms with Crippen LogP contribution in [0.4, 0.5) is 0 Å². The fourth-order valence-electron chi connectivity index (χ4n) is 2.03. The van der Waals surface area contributed by atoms with Gasteiger partial charge in [-0.25, -0.2) is 13.2 Å². The third-order valence-electron chi connectivity index (χ3n) is 3.25. The Bertz CT molecular complexity index is 448. The van der Waals surface area contributed by atoms with Crippen LogP contribution in [0.15, 0.2) is 0 Å². The van der Waals surface area contributed by atoms with Gasteiger partial charge >= 0.3 is 5.97 Å². The van der Waals surface area contributed by atoms with E-state index in [-0.39, 0.29) is 29.9 Å². The highest BCUT2D eigenvalue weighted by atomic mass is 32.2. The van der Waals surface area contributed by atoms with Crippen LogP contribution in [-0.4, -0.2) is 56.5 Å². The van der Waals surface area contributed by atoms with E-state index in [1.807, 2.05) is 6.92 Å². The average molecular weight is 292 g/mol. The van der Waals surface area contributed by atoms with Crippen molar-refractivity contribution in [1.29, 1.82) is 0 Å². The number of hydrogen-bond donors (Lipinski definition) is 3. The molecule has 0 aromatic heterocycles. The fourth-order valence-corrected chi connectivity index (χ4v) is 2.69. The standard InChI is InChI=1S/C11H20N2O5S/c1-7-5-12-6-8(7)10(14)13-9(11(15)16)3-4-19(2,17)18/h7-9,12H,3-6H2,1-2H3,(H,13,14)(H,15,16)/t7-,8-,9?/m1/s1. The fraction of sp³-hybridized carbons (Fsp3) is 0.818. The van der Waals surface area contributed by atoms with Gasteiger partial charge in [0.1, 0.15) is 15.9 Å². The number of sulfone groups is 1. The predicted molar refractivity (Wildman–Crippen MR) is 69.4 cm³/mol. The first-order chi connectivity index (χ1) is 8.70. The monoisotopic (exact) mass is 292 g/mol. The molecule has 1 rings (SSSR count). The van der Waals surface area contributed by atoms with Gasteiger partial charge in [-0.05, 0) is 18.9 Å². The highest BCUT2D eigenvalue weighted by Crippen LogP contribution is 2.16. The second kappa shape index (κ2) is 6.33. The van der Waals surface area contributed by atoms with Gasteiger partial charge in [0, 0.05) is 12.8 Å². The molecule has 0 radical (unpaired) electrons. The molecule has 0 aromatic rings. The van der Waals surface area contributed by atoms with Gasteiger partial charge in [-0.2, -0.15) is 0 Å². The van der Waals surface area contributed by atoms with E-state index in [1.165, 1.54) is 0 Å². The minimum atomic E-state index is -3.25. The summed E-state index contributed by atoms with van der Waals surface area (Å²) >= 11 is 0. The van der Waals surface area contributed by atoms with Crippen molar-refractivity contribution in [3.63, 3.8) is 0 Å². The van der Waals surface area contributed by atoms with Crippen molar-refractivity contribution in [3.05, 3.63) is 0 Å². The Balaban J connectivity index is 2.58. The molecule has 1 unspecified atom stereocenters. The Morgan fingerprint density at radius 1 is 1.42 bits per heavy atom. The molecule has 1 aliphatic heterocycles. The molecular formula is C11H20N2O5S. The summed E-state index contributed by atoms with van der Waals surface area (Å²) in [6.45, 7) is 3.15. The summed E-state index contributed by atoms with van der Waals surface area (Å²) in [6, 6.07) is -1.16. The molecule has 1 heterocycles. The SMILES string of the molecule is C[C@@H]1CNC[C@H]1C(=O)NC(CCS(C)(=O)=O)C(=O)O. The van der Waals surface area contributed by atoms with Crippen LogP contribution in [0.3, 0.4) is 0 Å². The molecular weight excluding hydrogens is 272 g/mol. The molecule has 3 N–H and O–H groups in total. The summed E-state index contributed by atoms with van der Waals surface area (Å²) in [5.74, 6) is -1.93. The molecule has 0 saturated carbocycles. The topological polar surface area (TPSA) is 113 Å². The highest BCUT2D eigenvalue weighted by Gasteiger charge is 2.32. The molecule has 19 heavy (non-hydrogen) atoms. The molecule has 8 heteroatoms. The number of carboxylic acid groups (broad SMARTS) is 1. The molecule has 7 nitrogen and oxygen atoms in total. The molecule has 0 spiro atoms. The van der Waals surface area contributed by atoms with E-state index in [4.69, 9.17) is 5.11 Å². The van der Waals surface area contributed by atoms with Crippen LogP contribution in [0.2, 0.25) is 0 Å². The zero-order valence-corrected chi connectivity index (χ0v) is 11.9. The Hall–Kier alpha value is -1.15. The first kappa shape index (κ1) is 15.9. The minimum Gasteiger partial charge on any atom is -0.480 e. The Morgan fingerprint density at radius 3 is 2.47 bits per heavy atom. The second-order valence-corrected chi connectivity index (χ2v) is 7.32. The van der Waals surface area contributed by atoms with Crippen molar-refractivity contribution < 1.29 is 23.1 Å². The van der Waals surface area contributed by atoms with E-state index in [2.05, 4.69) is 10.6 Å². The molecule has 1 amide bonds. The van der Waals surface area contributed by atoms with Crippen molar-refractivity contribution in [3.8, 4) is 0 Å². The summed E-state index contributed by atoms with van der Waals surface area (Å²) in [5.41, 5.74) is 0. The predicted octanol–water partition coefficient (Wildman–Crippen LogP) is -1.15. The first-order valence-electron chi connectivity index (χ1n) is 6.12. The van der Waals surface area contributed by atoms with Crippen molar-refractivity contribution in [2.24, 2.45) is 11.8 Å². The minimum absolute atomic E-state index is 0.117. The van der Waals surface area contributed by atoms with Crippen LogP contribution in [-0.2, 0) is 19.4 Å². The molecule has 110 valence electrons. The number of aliphatic carboxylic acids is 1. The maximum absolute atomic E-state index is 11.9. The summed E-state index contributed by atoms with van der Waals surface area (Å²) < 4.78 is 22.1. The van der Waals surface area contributed by atoms with E-state index in [0.29, 0.717) is 6.54 Å². The maximum Gasteiger partial charge on any atom is 0.326 e. The number of hydrogen-bond acceptors (Lipinski definition) is 5. The lowest BCUT2D eigenvalue weighted by molar-refractivity contribution is -0.142. The normalized spacial score (nSPS) is 24.9. The van der Waals surface area contributed by atoms with Gasteiger partial charge in [0.05, 0.1) is 11.7 Å². The zero-order valence-electron chi connectivity index (χ0n) is 11.0. The quantitative estimate of drug-likeness (QED) is 0.569. The van der Waals surface area contributed by atoms with E-state index in [9.17, 15) is 18.0 Å². The Kier molecular flexibility index (Phi) is 5.30. The lowest BCUT2D eigenvalue weighted by atomic mass is 9.97. The van der Waals surface area contributed by atoms with Crippen LogP contribution in [0, 0.1) is 11.8 Å². The van der Waals surface area contributed by atoms with Crippen LogP contribution in [0.25, 0.3) is 0 Å². The van der Waals surface area contributed by atoms with E-state index < -0.39 is 21.8 Å². The molecule has 1 saturated heterocycles. The third kappa shape index (κ3) is 5.15. The lowest BCUT2D eigenvalue weighted by Gasteiger charge is -2.19. The summed E-state index contributed by atoms with van der Waals surface area (Å²) in [7, 11) is -3.25. The average Bonchev–Trinajstić information content (AvgIpc) is 2.68. The van der Waals surface area contributed by atoms with Gasteiger partial charge in [0.25, 0.3) is 0 Å². The van der Waals surface area contributed by atoms with Crippen molar-refractivity contribution >= 4 is 21.7 Å². The van der Waals surface area contributed by atoms with Gasteiger partial charge in [0.15, 0.2) is 0 Å². The summed E-state index contributed by atoms with van der Waals surface area (Å²) in [6.07, 6.45) is 0.922. The smallest absolute Gasteiger partial charge is 0.326 e. The van der Waals surface area contributed by atoms with E-state index in [0.717, 1.165) is 12.8 Å². The van der Waals surface area contributed by atoms with Crippen molar-refractivity contribution in [2.45, 2.75) is 19.4 Å². The number of nitrogens with one attached hydrogen (secondary N) is 2. The van der Waals surface area contributed by atoms with Gasteiger partial charge in [-0.3, -0.25) is 4.79 Å². The first-order valence-corrected chi connectivity index (χ1v) is 8.18. The van der Waals surface area contributed by atoms with Crippen LogP contribution >= 0.6 is 0 Å². The van der Waals surface area contributed by atoms with Gasteiger partial charge in [-0.1, -0.05) is 6.92 Å². The summed E-state index contributed by atoms with van der Waals surface area (Å²) in [5, 5.41) is 14.5. The maximum atomic E-state index is 11.9. The number of rotatable bonds is 6. The Morgan fingerprint density at radius 2 is 2.05 bits per heavy atom. The van der Waals surface area contributed by atoms with Crippen LogP contribution in [0.5, 0.6) is 0 Å².